The number of para-hydroxylation sites is 1. The molecule has 1 amide bonds. The highest BCUT2D eigenvalue weighted by Gasteiger charge is 2.19. The van der Waals surface area contributed by atoms with Gasteiger partial charge in [0.05, 0.1) is 15.1 Å². The number of hydrogen-bond acceptors (Lipinski definition) is 4. The fourth-order valence-corrected chi connectivity index (χ4v) is 3.94. The van der Waals surface area contributed by atoms with Gasteiger partial charge in [-0.05, 0) is 36.6 Å². The van der Waals surface area contributed by atoms with Crippen molar-refractivity contribution in [1.82, 2.24) is 4.57 Å². The van der Waals surface area contributed by atoms with Crippen molar-refractivity contribution in [3.8, 4) is 0 Å². The van der Waals surface area contributed by atoms with Gasteiger partial charge >= 0.3 is 0 Å². The van der Waals surface area contributed by atoms with E-state index in [1.54, 1.807) is 6.07 Å². The molecule has 3 rings (SSSR count). The molecule has 0 fully saturated rings. The third-order valence-electron chi connectivity index (χ3n) is 4.22. The number of carbonyl (C=O) groups is 1. The number of fused-ring (bicyclic) bond motifs is 1. The van der Waals surface area contributed by atoms with E-state index in [2.05, 4.69) is 31.0 Å². The van der Waals surface area contributed by atoms with Crippen LogP contribution in [0.15, 0.2) is 47.5 Å². The maximum absolute atomic E-state index is 12.6. The maximum atomic E-state index is 12.6. The Labute approximate surface area is 154 Å². The monoisotopic (exact) mass is 369 g/mol. The number of benzene rings is 2. The van der Waals surface area contributed by atoms with Gasteiger partial charge in [0.1, 0.15) is 5.56 Å². The van der Waals surface area contributed by atoms with Crippen LogP contribution in [0, 0.1) is 10.1 Å². The Bertz CT molecular complexity index is 1060. The first-order chi connectivity index (χ1) is 12.4. The van der Waals surface area contributed by atoms with E-state index in [0.717, 1.165) is 10.2 Å². The van der Waals surface area contributed by atoms with Gasteiger partial charge in [-0.15, -0.1) is 0 Å². The lowest BCUT2D eigenvalue weighted by atomic mass is 10.0. The lowest BCUT2D eigenvalue weighted by Gasteiger charge is -2.05. The van der Waals surface area contributed by atoms with Gasteiger partial charge in [0.2, 0.25) is 0 Å². The van der Waals surface area contributed by atoms with Gasteiger partial charge in [0.15, 0.2) is 4.80 Å². The van der Waals surface area contributed by atoms with E-state index in [-0.39, 0.29) is 11.3 Å². The maximum Gasteiger partial charge on any atom is 0.286 e. The van der Waals surface area contributed by atoms with Gasteiger partial charge in [-0.2, -0.15) is 4.99 Å². The van der Waals surface area contributed by atoms with Crippen LogP contribution in [-0.4, -0.2) is 15.4 Å². The molecule has 0 unspecified atom stereocenters. The largest absolute Gasteiger partial charge is 0.317 e. The highest BCUT2D eigenvalue weighted by molar-refractivity contribution is 7.16. The van der Waals surface area contributed by atoms with Crippen LogP contribution in [0.25, 0.3) is 10.2 Å². The van der Waals surface area contributed by atoms with E-state index in [1.807, 2.05) is 17.6 Å². The lowest BCUT2D eigenvalue weighted by Crippen LogP contribution is -2.16. The van der Waals surface area contributed by atoms with Crippen LogP contribution in [0.3, 0.4) is 0 Å². The summed E-state index contributed by atoms with van der Waals surface area (Å²) < 4.78 is 3.00. The molecule has 6 nitrogen and oxygen atoms in total. The second kappa shape index (κ2) is 7.21. The predicted molar refractivity (Wildman–Crippen MR) is 103 cm³/mol. The molecular formula is C19H19N3O3S. The number of thiazole rings is 1. The molecule has 1 heterocycles. The second-order valence-electron chi connectivity index (χ2n) is 6.20. The third kappa shape index (κ3) is 3.30. The topological polar surface area (TPSA) is 77.5 Å². The average Bonchev–Trinajstić information content (AvgIpc) is 2.97. The zero-order valence-corrected chi connectivity index (χ0v) is 15.6. The van der Waals surface area contributed by atoms with Crippen molar-refractivity contribution in [2.75, 3.05) is 0 Å². The molecule has 0 aliphatic carbocycles. The van der Waals surface area contributed by atoms with Crippen molar-refractivity contribution < 1.29 is 9.72 Å². The minimum atomic E-state index is -0.602. The number of hydrogen-bond donors (Lipinski definition) is 0. The van der Waals surface area contributed by atoms with Crippen LogP contribution in [0.4, 0.5) is 5.69 Å². The van der Waals surface area contributed by atoms with Gasteiger partial charge in [-0.25, -0.2) is 0 Å². The summed E-state index contributed by atoms with van der Waals surface area (Å²) in [6.07, 6.45) is 0. The number of aryl methyl sites for hydroxylation is 1. The molecule has 3 aromatic rings. The Morgan fingerprint density at radius 1 is 1.27 bits per heavy atom. The van der Waals surface area contributed by atoms with Gasteiger partial charge in [0.25, 0.3) is 11.6 Å². The Kier molecular flexibility index (Phi) is 4.99. The molecule has 134 valence electrons. The van der Waals surface area contributed by atoms with Crippen molar-refractivity contribution in [2.24, 2.45) is 4.99 Å². The smallest absolute Gasteiger partial charge is 0.286 e. The molecule has 0 radical (unpaired) electrons. The van der Waals surface area contributed by atoms with Crippen molar-refractivity contribution in [1.29, 1.82) is 0 Å². The van der Waals surface area contributed by atoms with Gasteiger partial charge in [-0.1, -0.05) is 43.4 Å². The number of nitrogens with zero attached hydrogens (tertiary/aromatic N) is 3. The zero-order valence-electron chi connectivity index (χ0n) is 14.8. The fourth-order valence-electron chi connectivity index (χ4n) is 2.80. The van der Waals surface area contributed by atoms with Crippen molar-refractivity contribution in [3.63, 3.8) is 0 Å². The fraction of sp³-hybridized carbons (Fsp3) is 0.263. The Balaban J connectivity index is 2.15. The molecule has 0 bridgehead atoms. The summed E-state index contributed by atoms with van der Waals surface area (Å²) in [6, 6.07) is 12.1. The average molecular weight is 369 g/mol. The van der Waals surface area contributed by atoms with E-state index in [0.29, 0.717) is 17.3 Å². The zero-order chi connectivity index (χ0) is 18.8. The number of aromatic nitrogens is 1. The molecule has 0 saturated heterocycles. The summed E-state index contributed by atoms with van der Waals surface area (Å²) in [5, 5.41) is 11.2. The molecule has 26 heavy (non-hydrogen) atoms. The van der Waals surface area contributed by atoms with Crippen LogP contribution in [0.2, 0.25) is 0 Å². The first-order valence-corrected chi connectivity index (χ1v) is 9.19. The summed E-state index contributed by atoms with van der Waals surface area (Å²) in [5.41, 5.74) is 2.00. The van der Waals surface area contributed by atoms with E-state index in [1.165, 1.54) is 35.1 Å². The third-order valence-corrected chi connectivity index (χ3v) is 5.26. The van der Waals surface area contributed by atoms with Gasteiger partial charge in [0, 0.05) is 12.6 Å². The van der Waals surface area contributed by atoms with Crippen LogP contribution in [0.1, 0.15) is 42.6 Å². The normalized spacial score (nSPS) is 12.1. The molecular weight excluding hydrogens is 350 g/mol. The summed E-state index contributed by atoms with van der Waals surface area (Å²) >= 11 is 1.42. The number of nitro benzene ring substituents is 1. The van der Waals surface area contributed by atoms with Crippen LogP contribution >= 0.6 is 11.3 Å². The lowest BCUT2D eigenvalue weighted by molar-refractivity contribution is -0.385. The van der Waals surface area contributed by atoms with Gasteiger partial charge < -0.3 is 4.57 Å². The quantitative estimate of drug-likeness (QED) is 0.502. The molecule has 0 saturated carbocycles. The molecule has 7 heteroatoms. The van der Waals surface area contributed by atoms with E-state index >= 15 is 0 Å². The number of rotatable bonds is 4. The summed E-state index contributed by atoms with van der Waals surface area (Å²) in [6.45, 7) is 6.90. The first kappa shape index (κ1) is 18.0. The summed E-state index contributed by atoms with van der Waals surface area (Å²) in [4.78, 5) is 27.9. The number of amides is 1. The second-order valence-corrected chi connectivity index (χ2v) is 7.21. The van der Waals surface area contributed by atoms with Crippen LogP contribution in [-0.2, 0) is 6.54 Å². The minimum absolute atomic E-state index is 0.000443. The van der Waals surface area contributed by atoms with Crippen LogP contribution < -0.4 is 4.80 Å². The predicted octanol–water partition coefficient (Wildman–Crippen LogP) is 4.50. The minimum Gasteiger partial charge on any atom is -0.317 e. The summed E-state index contributed by atoms with van der Waals surface area (Å²) in [7, 11) is 0. The Hall–Kier alpha value is -2.80. The standard InChI is InChI=1S/C19H19N3O3S/c1-4-21-16-10-9-13(12(2)3)11-17(16)26-19(21)20-18(23)14-7-5-6-8-15(14)22(24)25/h5-12H,4H2,1-3H3. The molecule has 0 spiro atoms. The van der Waals surface area contributed by atoms with E-state index < -0.39 is 10.8 Å². The SMILES string of the molecule is CCn1c(=NC(=O)c2ccccc2[N+](=O)[O-])sc2cc(C(C)C)ccc21. The molecule has 0 N–H and O–H groups in total. The molecule has 2 aromatic carbocycles. The Morgan fingerprint density at radius 3 is 2.65 bits per heavy atom. The first-order valence-electron chi connectivity index (χ1n) is 8.38. The molecule has 1 aromatic heterocycles. The van der Waals surface area contributed by atoms with Crippen LogP contribution in [0.5, 0.6) is 0 Å². The molecule has 0 aliphatic rings. The molecule has 0 aliphatic heterocycles. The highest BCUT2D eigenvalue weighted by atomic mass is 32.1. The Morgan fingerprint density at radius 2 is 2.00 bits per heavy atom. The number of nitro groups is 1. The van der Waals surface area contributed by atoms with E-state index in [4.69, 9.17) is 0 Å². The van der Waals surface area contributed by atoms with Crippen molar-refractivity contribution >= 4 is 33.1 Å². The number of carbonyl (C=O) groups excluding carboxylic acids is 1. The van der Waals surface area contributed by atoms with Crippen molar-refractivity contribution in [3.05, 3.63) is 68.5 Å². The summed E-state index contributed by atoms with van der Waals surface area (Å²) in [5.74, 6) is -0.194. The van der Waals surface area contributed by atoms with Crippen molar-refractivity contribution in [2.45, 2.75) is 33.2 Å². The molecule has 0 atom stereocenters. The highest BCUT2D eigenvalue weighted by Crippen LogP contribution is 2.24. The van der Waals surface area contributed by atoms with Gasteiger partial charge in [-0.3, -0.25) is 14.9 Å². The van der Waals surface area contributed by atoms with E-state index in [9.17, 15) is 14.9 Å².